The van der Waals surface area contributed by atoms with E-state index in [9.17, 15) is 5.26 Å². The molecule has 0 amide bonds. The molecule has 1 aliphatic carbocycles. The van der Waals surface area contributed by atoms with Crippen molar-refractivity contribution in [3.63, 3.8) is 0 Å². The van der Waals surface area contributed by atoms with E-state index in [0.29, 0.717) is 17.9 Å². The van der Waals surface area contributed by atoms with Crippen LogP contribution in [0.3, 0.4) is 0 Å². The Morgan fingerprint density at radius 2 is 1.61 bits per heavy atom. The highest BCUT2D eigenvalue weighted by atomic mass is 16.5. The zero-order chi connectivity index (χ0) is 19.6. The Balaban J connectivity index is 1.62. The van der Waals surface area contributed by atoms with Gasteiger partial charge in [0.2, 0.25) is 0 Å². The predicted octanol–water partition coefficient (Wildman–Crippen LogP) is 7.62. The quantitative estimate of drug-likeness (QED) is 0.422. The Kier molecular flexibility index (Phi) is 7.97. The van der Waals surface area contributed by atoms with Crippen molar-refractivity contribution in [3.8, 4) is 22.9 Å². The fourth-order valence-corrected chi connectivity index (χ4v) is 4.19. The fraction of sp³-hybridized carbons (Fsp3) is 0.500. The van der Waals surface area contributed by atoms with E-state index in [4.69, 9.17) is 4.74 Å². The molecule has 0 atom stereocenters. The second kappa shape index (κ2) is 10.9. The van der Waals surface area contributed by atoms with Gasteiger partial charge in [0, 0.05) is 0 Å². The van der Waals surface area contributed by atoms with Gasteiger partial charge in [0.1, 0.15) is 11.8 Å². The van der Waals surface area contributed by atoms with Crippen molar-refractivity contribution in [2.75, 3.05) is 6.61 Å². The minimum atomic E-state index is 0.627. The van der Waals surface area contributed by atoms with Gasteiger partial charge in [-0.05, 0) is 54.0 Å². The van der Waals surface area contributed by atoms with Gasteiger partial charge >= 0.3 is 0 Å². The fourth-order valence-electron chi connectivity index (χ4n) is 4.19. The maximum Gasteiger partial charge on any atom is 0.137 e. The van der Waals surface area contributed by atoms with Crippen LogP contribution < -0.4 is 4.74 Å². The Morgan fingerprint density at radius 3 is 2.32 bits per heavy atom. The van der Waals surface area contributed by atoms with Gasteiger partial charge in [0.05, 0.1) is 12.2 Å². The van der Waals surface area contributed by atoms with Crippen LogP contribution in [0.1, 0.15) is 88.2 Å². The van der Waals surface area contributed by atoms with Crippen molar-refractivity contribution in [1.82, 2.24) is 0 Å². The lowest BCUT2D eigenvalue weighted by Gasteiger charge is -2.22. The van der Waals surface area contributed by atoms with E-state index in [0.717, 1.165) is 17.9 Å². The van der Waals surface area contributed by atoms with E-state index in [1.165, 1.54) is 68.9 Å². The van der Waals surface area contributed by atoms with Gasteiger partial charge in [0.15, 0.2) is 0 Å². The first-order valence-electron chi connectivity index (χ1n) is 11.1. The van der Waals surface area contributed by atoms with Gasteiger partial charge < -0.3 is 4.74 Å². The molecule has 0 aromatic heterocycles. The molecule has 1 aliphatic rings. The molecule has 1 fully saturated rings. The van der Waals surface area contributed by atoms with Gasteiger partial charge in [-0.3, -0.25) is 0 Å². The molecule has 1 saturated carbocycles. The molecule has 148 valence electrons. The predicted molar refractivity (Wildman–Crippen MR) is 117 cm³/mol. The third kappa shape index (κ3) is 5.61. The number of hydrogen-bond donors (Lipinski definition) is 0. The highest BCUT2D eigenvalue weighted by Gasteiger charge is 2.15. The summed E-state index contributed by atoms with van der Waals surface area (Å²) in [6.07, 6.45) is 12.8. The van der Waals surface area contributed by atoms with E-state index in [1.807, 2.05) is 12.1 Å². The Morgan fingerprint density at radius 1 is 0.893 bits per heavy atom. The number of ether oxygens (including phenoxy) is 1. The van der Waals surface area contributed by atoms with Gasteiger partial charge in [-0.1, -0.05) is 82.2 Å². The number of benzene rings is 2. The van der Waals surface area contributed by atoms with Crippen LogP contribution in [0.5, 0.6) is 5.75 Å². The van der Waals surface area contributed by atoms with Crippen LogP contribution in [-0.4, -0.2) is 6.61 Å². The first-order chi connectivity index (χ1) is 13.8. The van der Waals surface area contributed by atoms with E-state index in [2.05, 4.69) is 43.3 Å². The molecular weight excluding hydrogens is 342 g/mol. The Bertz CT molecular complexity index is 766. The molecule has 2 aromatic carbocycles. The van der Waals surface area contributed by atoms with E-state index < -0.39 is 0 Å². The van der Waals surface area contributed by atoms with Gasteiger partial charge in [0.25, 0.3) is 0 Å². The summed E-state index contributed by atoms with van der Waals surface area (Å²) in [5.74, 6) is 1.44. The third-order valence-corrected chi connectivity index (χ3v) is 5.93. The van der Waals surface area contributed by atoms with Crippen molar-refractivity contribution < 1.29 is 4.74 Å². The number of nitriles is 1. The van der Waals surface area contributed by atoms with Crippen LogP contribution in [0.4, 0.5) is 0 Å². The summed E-state index contributed by atoms with van der Waals surface area (Å²) in [5.41, 5.74) is 4.35. The summed E-state index contributed by atoms with van der Waals surface area (Å²) < 4.78 is 5.88. The molecule has 3 rings (SSSR count). The molecule has 2 heteroatoms. The largest absolute Gasteiger partial charge is 0.492 e. The van der Waals surface area contributed by atoms with Crippen LogP contribution in [0.25, 0.3) is 11.1 Å². The molecule has 0 saturated heterocycles. The average Bonchev–Trinajstić information content (AvgIpc) is 2.77. The minimum Gasteiger partial charge on any atom is -0.492 e. The molecule has 0 unspecified atom stereocenters. The van der Waals surface area contributed by atoms with E-state index >= 15 is 0 Å². The molecule has 0 spiro atoms. The van der Waals surface area contributed by atoms with Gasteiger partial charge in [-0.15, -0.1) is 0 Å². The highest BCUT2D eigenvalue weighted by Crippen LogP contribution is 2.34. The lowest BCUT2D eigenvalue weighted by molar-refractivity contribution is 0.304. The number of rotatable bonds is 9. The topological polar surface area (TPSA) is 33.0 Å². The molecule has 2 nitrogen and oxygen atoms in total. The van der Waals surface area contributed by atoms with Crippen LogP contribution in [-0.2, 0) is 0 Å². The second-order valence-corrected chi connectivity index (χ2v) is 8.04. The van der Waals surface area contributed by atoms with Crippen LogP contribution >= 0.6 is 0 Å². The van der Waals surface area contributed by atoms with Crippen molar-refractivity contribution in [2.24, 2.45) is 0 Å². The van der Waals surface area contributed by atoms with E-state index in [1.54, 1.807) is 0 Å². The summed E-state index contributed by atoms with van der Waals surface area (Å²) in [6.45, 7) is 2.91. The molecular formula is C26H33NO. The Labute approximate surface area is 170 Å². The Hall–Kier alpha value is -2.27. The normalized spacial score (nSPS) is 14.6. The highest BCUT2D eigenvalue weighted by molar-refractivity contribution is 5.67. The molecule has 28 heavy (non-hydrogen) atoms. The number of unbranched alkanes of at least 4 members (excludes halogenated alkanes) is 4. The van der Waals surface area contributed by atoms with Gasteiger partial charge in [-0.2, -0.15) is 5.26 Å². The summed E-state index contributed by atoms with van der Waals surface area (Å²) in [4.78, 5) is 0. The lowest BCUT2D eigenvalue weighted by atomic mass is 9.83. The molecule has 0 N–H and O–H groups in total. The maximum absolute atomic E-state index is 9.55. The van der Waals surface area contributed by atoms with Crippen molar-refractivity contribution >= 4 is 0 Å². The summed E-state index contributed by atoms with van der Waals surface area (Å²) in [5, 5.41) is 9.55. The zero-order valence-electron chi connectivity index (χ0n) is 17.3. The molecule has 0 heterocycles. The monoisotopic (exact) mass is 375 g/mol. The number of nitrogens with zero attached hydrogens (tertiary/aromatic N) is 1. The van der Waals surface area contributed by atoms with Crippen molar-refractivity contribution in [1.29, 1.82) is 5.26 Å². The smallest absolute Gasteiger partial charge is 0.137 e. The van der Waals surface area contributed by atoms with E-state index in [-0.39, 0.29) is 0 Å². The maximum atomic E-state index is 9.55. The van der Waals surface area contributed by atoms with Crippen LogP contribution in [0.15, 0.2) is 42.5 Å². The average molecular weight is 376 g/mol. The zero-order valence-corrected chi connectivity index (χ0v) is 17.3. The second-order valence-electron chi connectivity index (χ2n) is 8.04. The SMILES string of the molecule is CCCCCCCOc1ccc(-c2ccc(C3CCCCC3)cc2)cc1C#N. The molecule has 2 aromatic rings. The number of hydrogen-bond acceptors (Lipinski definition) is 2. The van der Waals surface area contributed by atoms with Crippen LogP contribution in [0, 0.1) is 11.3 Å². The first kappa shape index (κ1) is 20.5. The summed E-state index contributed by atoms with van der Waals surface area (Å²) >= 11 is 0. The first-order valence-corrected chi connectivity index (χ1v) is 11.1. The third-order valence-electron chi connectivity index (χ3n) is 5.93. The molecule has 0 aliphatic heterocycles. The van der Waals surface area contributed by atoms with Crippen molar-refractivity contribution in [2.45, 2.75) is 77.0 Å². The van der Waals surface area contributed by atoms with Crippen LogP contribution in [0.2, 0.25) is 0 Å². The van der Waals surface area contributed by atoms with Gasteiger partial charge in [-0.25, -0.2) is 0 Å². The van der Waals surface area contributed by atoms with Crippen molar-refractivity contribution in [3.05, 3.63) is 53.6 Å². The minimum absolute atomic E-state index is 0.627. The summed E-state index contributed by atoms with van der Waals surface area (Å²) in [6, 6.07) is 17.2. The lowest BCUT2D eigenvalue weighted by Crippen LogP contribution is -2.04. The molecule has 0 radical (unpaired) electrons. The standard InChI is InChI=1S/C26H33NO/c1-2-3-4-5-9-18-28-26-17-16-24(19-25(26)20-27)23-14-12-22(13-15-23)21-10-7-6-8-11-21/h12-17,19,21H,2-11,18H2,1H3. The summed E-state index contributed by atoms with van der Waals surface area (Å²) in [7, 11) is 0. The molecule has 0 bridgehead atoms.